The van der Waals surface area contributed by atoms with Crippen LogP contribution in [0, 0.1) is 0 Å². The Morgan fingerprint density at radius 2 is 2.25 bits per heavy atom. The second kappa shape index (κ2) is 4.63. The van der Waals surface area contributed by atoms with E-state index in [0.29, 0.717) is 5.02 Å². The SMILES string of the molecule is CCCOc1ccc(Cl)cc1S. The molecule has 1 aromatic rings. The van der Waals surface area contributed by atoms with E-state index in [0.717, 1.165) is 23.7 Å². The normalized spacial score (nSPS) is 9.92. The van der Waals surface area contributed by atoms with Gasteiger partial charge in [0, 0.05) is 9.92 Å². The molecule has 1 rings (SSSR count). The van der Waals surface area contributed by atoms with Gasteiger partial charge in [-0.1, -0.05) is 18.5 Å². The lowest BCUT2D eigenvalue weighted by Gasteiger charge is -2.06. The van der Waals surface area contributed by atoms with Gasteiger partial charge in [0.25, 0.3) is 0 Å². The zero-order chi connectivity index (χ0) is 8.97. The molecule has 0 saturated heterocycles. The summed E-state index contributed by atoms with van der Waals surface area (Å²) in [6.45, 7) is 2.78. The lowest BCUT2D eigenvalue weighted by Crippen LogP contribution is -1.95. The average Bonchev–Trinajstić information content (AvgIpc) is 2.03. The fourth-order valence-electron chi connectivity index (χ4n) is 0.825. The highest BCUT2D eigenvalue weighted by molar-refractivity contribution is 7.80. The van der Waals surface area contributed by atoms with Crippen molar-refractivity contribution in [3.05, 3.63) is 23.2 Å². The number of hydrogen-bond acceptors (Lipinski definition) is 2. The average molecular weight is 203 g/mol. The van der Waals surface area contributed by atoms with Crippen molar-refractivity contribution in [1.29, 1.82) is 0 Å². The van der Waals surface area contributed by atoms with Crippen LogP contribution in [0.4, 0.5) is 0 Å². The summed E-state index contributed by atoms with van der Waals surface area (Å²) in [5.41, 5.74) is 0. The molecular formula is C9H11ClOS. The molecule has 0 radical (unpaired) electrons. The molecule has 0 atom stereocenters. The van der Waals surface area contributed by atoms with Crippen molar-refractivity contribution in [2.75, 3.05) is 6.61 Å². The molecule has 0 unspecified atom stereocenters. The molecule has 0 fully saturated rings. The van der Waals surface area contributed by atoms with Crippen LogP contribution in [0.2, 0.25) is 5.02 Å². The van der Waals surface area contributed by atoms with Crippen molar-refractivity contribution in [2.24, 2.45) is 0 Å². The number of thiol groups is 1. The van der Waals surface area contributed by atoms with E-state index in [9.17, 15) is 0 Å². The van der Waals surface area contributed by atoms with Crippen molar-refractivity contribution in [1.82, 2.24) is 0 Å². The maximum absolute atomic E-state index is 5.75. The first-order valence-corrected chi connectivity index (χ1v) is 4.68. The molecule has 0 aliphatic heterocycles. The van der Waals surface area contributed by atoms with E-state index in [-0.39, 0.29) is 0 Å². The molecule has 0 heterocycles. The Morgan fingerprint density at radius 3 is 2.83 bits per heavy atom. The molecule has 12 heavy (non-hydrogen) atoms. The standard InChI is InChI=1S/C9H11ClOS/c1-2-5-11-8-4-3-7(10)6-9(8)12/h3-4,6,12H,2,5H2,1H3. The van der Waals surface area contributed by atoms with E-state index >= 15 is 0 Å². The largest absolute Gasteiger partial charge is 0.492 e. The minimum atomic E-state index is 0.684. The van der Waals surface area contributed by atoms with Gasteiger partial charge >= 0.3 is 0 Å². The molecule has 0 bridgehead atoms. The molecule has 0 amide bonds. The van der Waals surface area contributed by atoms with Crippen molar-refractivity contribution < 1.29 is 4.74 Å². The van der Waals surface area contributed by atoms with E-state index in [1.165, 1.54) is 0 Å². The Hall–Kier alpha value is -0.340. The minimum absolute atomic E-state index is 0.684. The summed E-state index contributed by atoms with van der Waals surface area (Å²) >= 11 is 9.98. The predicted octanol–water partition coefficient (Wildman–Crippen LogP) is 3.42. The number of halogens is 1. The van der Waals surface area contributed by atoms with E-state index < -0.39 is 0 Å². The number of rotatable bonds is 3. The lowest BCUT2D eigenvalue weighted by atomic mass is 10.3. The maximum atomic E-state index is 5.75. The summed E-state index contributed by atoms with van der Waals surface area (Å²) in [7, 11) is 0. The lowest BCUT2D eigenvalue weighted by molar-refractivity contribution is 0.310. The predicted molar refractivity (Wildman–Crippen MR) is 54.5 cm³/mol. The summed E-state index contributed by atoms with van der Waals surface area (Å²) in [6.07, 6.45) is 0.996. The molecule has 0 aliphatic carbocycles. The van der Waals surface area contributed by atoms with Crippen LogP contribution in [0.25, 0.3) is 0 Å². The van der Waals surface area contributed by atoms with E-state index in [2.05, 4.69) is 19.6 Å². The Kier molecular flexibility index (Phi) is 3.76. The van der Waals surface area contributed by atoms with Gasteiger partial charge in [0.05, 0.1) is 6.61 Å². The number of hydrogen-bond donors (Lipinski definition) is 1. The van der Waals surface area contributed by atoms with Crippen LogP contribution in [0.1, 0.15) is 13.3 Å². The van der Waals surface area contributed by atoms with Gasteiger partial charge in [-0.05, 0) is 24.6 Å². The van der Waals surface area contributed by atoms with Crippen molar-refractivity contribution in [2.45, 2.75) is 18.2 Å². The summed E-state index contributed by atoms with van der Waals surface area (Å²) < 4.78 is 5.41. The smallest absolute Gasteiger partial charge is 0.132 e. The fourth-order valence-corrected chi connectivity index (χ4v) is 1.35. The molecule has 66 valence electrons. The van der Waals surface area contributed by atoms with Gasteiger partial charge in [-0.25, -0.2) is 0 Å². The van der Waals surface area contributed by atoms with Crippen LogP contribution in [-0.4, -0.2) is 6.61 Å². The van der Waals surface area contributed by atoms with Crippen LogP contribution < -0.4 is 4.74 Å². The Balaban J connectivity index is 2.72. The van der Waals surface area contributed by atoms with Crippen molar-refractivity contribution in [3.8, 4) is 5.75 Å². The van der Waals surface area contributed by atoms with Crippen molar-refractivity contribution in [3.63, 3.8) is 0 Å². The van der Waals surface area contributed by atoms with Crippen molar-refractivity contribution >= 4 is 24.2 Å². The summed E-state index contributed by atoms with van der Waals surface area (Å²) in [5.74, 6) is 0.796. The molecule has 0 aliphatic rings. The minimum Gasteiger partial charge on any atom is -0.492 e. The third-order valence-electron chi connectivity index (χ3n) is 1.38. The molecular weight excluding hydrogens is 192 g/mol. The highest BCUT2D eigenvalue weighted by Crippen LogP contribution is 2.25. The fraction of sp³-hybridized carbons (Fsp3) is 0.333. The third kappa shape index (κ3) is 2.61. The van der Waals surface area contributed by atoms with Gasteiger partial charge in [-0.2, -0.15) is 0 Å². The van der Waals surface area contributed by atoms with Gasteiger partial charge in [0.15, 0.2) is 0 Å². The second-order valence-electron chi connectivity index (χ2n) is 2.46. The van der Waals surface area contributed by atoms with E-state index in [4.69, 9.17) is 16.3 Å². The molecule has 1 nitrogen and oxygen atoms in total. The van der Waals surface area contributed by atoms with Gasteiger partial charge in [0.2, 0.25) is 0 Å². The third-order valence-corrected chi connectivity index (χ3v) is 1.97. The van der Waals surface area contributed by atoms with Gasteiger partial charge in [-0.15, -0.1) is 12.6 Å². The molecule has 3 heteroatoms. The van der Waals surface area contributed by atoms with Crippen LogP contribution in [0.15, 0.2) is 23.1 Å². The molecule has 0 N–H and O–H groups in total. The molecule has 0 aromatic heterocycles. The molecule has 0 spiro atoms. The van der Waals surface area contributed by atoms with Crippen LogP contribution in [-0.2, 0) is 0 Å². The Bertz CT molecular complexity index is 263. The number of ether oxygens (including phenoxy) is 1. The van der Waals surface area contributed by atoms with Gasteiger partial charge in [0.1, 0.15) is 5.75 Å². The van der Waals surface area contributed by atoms with Gasteiger partial charge in [-0.3, -0.25) is 0 Å². The molecule has 1 aromatic carbocycles. The highest BCUT2D eigenvalue weighted by Gasteiger charge is 1.99. The first-order valence-electron chi connectivity index (χ1n) is 3.85. The van der Waals surface area contributed by atoms with E-state index in [1.54, 1.807) is 12.1 Å². The maximum Gasteiger partial charge on any atom is 0.132 e. The van der Waals surface area contributed by atoms with Crippen LogP contribution in [0.5, 0.6) is 5.75 Å². The second-order valence-corrected chi connectivity index (χ2v) is 3.38. The first kappa shape index (κ1) is 9.75. The summed E-state index contributed by atoms with van der Waals surface area (Å²) in [6, 6.07) is 5.41. The summed E-state index contributed by atoms with van der Waals surface area (Å²) in [5, 5.41) is 0.684. The number of benzene rings is 1. The monoisotopic (exact) mass is 202 g/mol. The zero-order valence-electron chi connectivity index (χ0n) is 6.88. The zero-order valence-corrected chi connectivity index (χ0v) is 8.53. The first-order chi connectivity index (χ1) is 5.74. The Morgan fingerprint density at radius 1 is 1.50 bits per heavy atom. The van der Waals surface area contributed by atoms with E-state index in [1.807, 2.05) is 6.07 Å². The van der Waals surface area contributed by atoms with Crippen LogP contribution in [0.3, 0.4) is 0 Å². The summed E-state index contributed by atoms with van der Waals surface area (Å²) in [4.78, 5) is 0.788. The van der Waals surface area contributed by atoms with Gasteiger partial charge < -0.3 is 4.74 Å². The quantitative estimate of drug-likeness (QED) is 0.740. The molecule has 0 saturated carbocycles. The highest BCUT2D eigenvalue weighted by atomic mass is 35.5. The Labute approximate surface area is 83.1 Å². The van der Waals surface area contributed by atoms with Crippen LogP contribution >= 0.6 is 24.2 Å². The topological polar surface area (TPSA) is 9.23 Å².